The SMILES string of the molecule is Cc1cc(Cl)ccc1NC(=O)CSc1nnc(-c2cnccn2)n1Cc1ccco1. The Morgan fingerprint density at radius 3 is 2.90 bits per heavy atom. The number of carbonyl (C=O) groups is 1. The van der Waals surface area contributed by atoms with Crippen molar-refractivity contribution >= 4 is 35.0 Å². The van der Waals surface area contributed by atoms with Gasteiger partial charge in [0.25, 0.3) is 0 Å². The molecule has 0 saturated carbocycles. The van der Waals surface area contributed by atoms with Crippen molar-refractivity contribution in [1.82, 2.24) is 24.7 Å². The second kappa shape index (κ2) is 9.10. The quantitative estimate of drug-likeness (QED) is 0.432. The van der Waals surface area contributed by atoms with Gasteiger partial charge in [0, 0.05) is 23.1 Å². The number of amides is 1. The van der Waals surface area contributed by atoms with E-state index in [4.69, 9.17) is 16.0 Å². The van der Waals surface area contributed by atoms with Crippen LogP contribution in [0.15, 0.2) is 64.8 Å². The lowest BCUT2D eigenvalue weighted by molar-refractivity contribution is -0.113. The molecule has 1 amide bonds. The summed E-state index contributed by atoms with van der Waals surface area (Å²) in [5.74, 6) is 1.30. The van der Waals surface area contributed by atoms with Crippen LogP contribution < -0.4 is 5.32 Å². The van der Waals surface area contributed by atoms with Crippen LogP contribution in [-0.4, -0.2) is 36.4 Å². The monoisotopic (exact) mass is 440 g/mol. The van der Waals surface area contributed by atoms with E-state index in [1.807, 2.05) is 23.6 Å². The van der Waals surface area contributed by atoms with E-state index in [9.17, 15) is 4.79 Å². The van der Waals surface area contributed by atoms with E-state index in [1.165, 1.54) is 11.8 Å². The Labute approximate surface area is 181 Å². The summed E-state index contributed by atoms with van der Waals surface area (Å²) in [5.41, 5.74) is 2.21. The van der Waals surface area contributed by atoms with Crippen molar-refractivity contribution in [1.29, 1.82) is 0 Å². The molecule has 0 fully saturated rings. The molecule has 3 aromatic heterocycles. The van der Waals surface area contributed by atoms with Crippen molar-refractivity contribution in [3.05, 3.63) is 71.5 Å². The number of furan rings is 1. The number of aromatic nitrogens is 5. The normalized spacial score (nSPS) is 10.9. The van der Waals surface area contributed by atoms with Crippen LogP contribution in [0.5, 0.6) is 0 Å². The molecule has 0 aliphatic rings. The maximum atomic E-state index is 12.5. The average Bonchev–Trinajstić information content (AvgIpc) is 3.40. The summed E-state index contributed by atoms with van der Waals surface area (Å²) in [6, 6.07) is 9.01. The van der Waals surface area contributed by atoms with E-state index in [2.05, 4.69) is 25.5 Å². The minimum atomic E-state index is -0.154. The summed E-state index contributed by atoms with van der Waals surface area (Å²) >= 11 is 7.25. The predicted octanol–water partition coefficient (Wildman–Crippen LogP) is 4.07. The minimum absolute atomic E-state index is 0.154. The molecule has 0 bridgehead atoms. The van der Waals surface area contributed by atoms with Crippen LogP contribution in [0.2, 0.25) is 5.02 Å². The van der Waals surface area contributed by atoms with Gasteiger partial charge in [0.1, 0.15) is 11.5 Å². The van der Waals surface area contributed by atoms with Crippen LogP contribution in [-0.2, 0) is 11.3 Å². The van der Waals surface area contributed by atoms with E-state index < -0.39 is 0 Å². The highest BCUT2D eigenvalue weighted by Gasteiger charge is 2.18. The van der Waals surface area contributed by atoms with Crippen LogP contribution >= 0.6 is 23.4 Å². The van der Waals surface area contributed by atoms with Crippen LogP contribution in [0.3, 0.4) is 0 Å². The molecule has 3 heterocycles. The smallest absolute Gasteiger partial charge is 0.234 e. The van der Waals surface area contributed by atoms with Crippen molar-refractivity contribution in [3.63, 3.8) is 0 Å². The maximum Gasteiger partial charge on any atom is 0.234 e. The fourth-order valence-electron chi connectivity index (χ4n) is 2.78. The van der Waals surface area contributed by atoms with E-state index in [0.29, 0.717) is 28.2 Å². The third-order valence-electron chi connectivity index (χ3n) is 4.20. The van der Waals surface area contributed by atoms with Gasteiger partial charge < -0.3 is 9.73 Å². The van der Waals surface area contributed by atoms with Crippen molar-refractivity contribution in [3.8, 4) is 11.5 Å². The van der Waals surface area contributed by atoms with Crippen LogP contribution in [0.25, 0.3) is 11.5 Å². The Morgan fingerprint density at radius 1 is 1.27 bits per heavy atom. The minimum Gasteiger partial charge on any atom is -0.467 e. The fraction of sp³-hybridized carbons (Fsp3) is 0.150. The standard InChI is InChI=1S/C20H17ClN6O2S/c1-13-9-14(21)4-5-16(13)24-18(28)12-30-20-26-25-19(17-10-22-6-7-23-17)27(20)11-15-3-2-8-29-15/h2-10H,11-12H2,1H3,(H,24,28). The lowest BCUT2D eigenvalue weighted by Gasteiger charge is -2.10. The molecule has 0 atom stereocenters. The zero-order valence-electron chi connectivity index (χ0n) is 15.9. The zero-order valence-corrected chi connectivity index (χ0v) is 17.5. The molecule has 10 heteroatoms. The topological polar surface area (TPSA) is 98.7 Å². The molecule has 152 valence electrons. The van der Waals surface area contributed by atoms with Gasteiger partial charge in [-0.3, -0.25) is 14.3 Å². The number of rotatable bonds is 7. The number of hydrogen-bond acceptors (Lipinski definition) is 7. The Balaban J connectivity index is 1.52. The second-order valence-corrected chi connectivity index (χ2v) is 7.74. The van der Waals surface area contributed by atoms with Gasteiger partial charge in [-0.25, -0.2) is 4.98 Å². The second-order valence-electron chi connectivity index (χ2n) is 6.36. The van der Waals surface area contributed by atoms with Crippen LogP contribution in [0.4, 0.5) is 5.69 Å². The highest BCUT2D eigenvalue weighted by atomic mass is 35.5. The summed E-state index contributed by atoms with van der Waals surface area (Å²) in [6.45, 7) is 2.30. The molecule has 30 heavy (non-hydrogen) atoms. The number of benzene rings is 1. The first kappa shape index (κ1) is 20.1. The number of hydrogen-bond donors (Lipinski definition) is 1. The van der Waals surface area contributed by atoms with Crippen LogP contribution in [0, 0.1) is 6.92 Å². The summed E-state index contributed by atoms with van der Waals surface area (Å²) in [6.07, 6.45) is 6.41. The van der Waals surface area contributed by atoms with Crippen molar-refractivity contribution in [2.24, 2.45) is 0 Å². The van der Waals surface area contributed by atoms with E-state index in [1.54, 1.807) is 43.1 Å². The van der Waals surface area contributed by atoms with Crippen LogP contribution in [0.1, 0.15) is 11.3 Å². The molecule has 4 aromatic rings. The highest BCUT2D eigenvalue weighted by Crippen LogP contribution is 2.25. The molecule has 0 radical (unpaired) electrons. The number of aryl methyl sites for hydroxylation is 1. The van der Waals surface area contributed by atoms with Gasteiger partial charge in [0.05, 0.1) is 24.8 Å². The molecular formula is C20H17ClN6O2S. The van der Waals surface area contributed by atoms with Gasteiger partial charge in [-0.1, -0.05) is 23.4 Å². The van der Waals surface area contributed by atoms with E-state index in [0.717, 1.165) is 17.0 Å². The van der Waals surface area contributed by atoms with Gasteiger partial charge in [-0.2, -0.15) is 0 Å². The summed E-state index contributed by atoms with van der Waals surface area (Å²) < 4.78 is 7.32. The van der Waals surface area contributed by atoms with Crippen molar-refractivity contribution in [2.75, 3.05) is 11.1 Å². The number of nitrogens with one attached hydrogen (secondary N) is 1. The Bertz CT molecular complexity index is 1150. The largest absolute Gasteiger partial charge is 0.467 e. The Hall–Kier alpha value is -3.17. The molecule has 0 spiro atoms. The molecule has 0 unspecified atom stereocenters. The number of carbonyl (C=O) groups excluding carboxylic acids is 1. The highest BCUT2D eigenvalue weighted by molar-refractivity contribution is 7.99. The predicted molar refractivity (Wildman–Crippen MR) is 114 cm³/mol. The fourth-order valence-corrected chi connectivity index (χ4v) is 3.75. The molecule has 0 aliphatic carbocycles. The van der Waals surface area contributed by atoms with Gasteiger partial charge >= 0.3 is 0 Å². The molecule has 0 aliphatic heterocycles. The summed E-state index contributed by atoms with van der Waals surface area (Å²) in [7, 11) is 0. The van der Waals surface area contributed by atoms with E-state index >= 15 is 0 Å². The molecule has 0 saturated heterocycles. The van der Waals surface area contributed by atoms with Crippen molar-refractivity contribution in [2.45, 2.75) is 18.6 Å². The molecular weight excluding hydrogens is 424 g/mol. The summed E-state index contributed by atoms with van der Waals surface area (Å²) in [4.78, 5) is 20.9. The molecule has 8 nitrogen and oxygen atoms in total. The molecule has 1 N–H and O–H groups in total. The number of halogens is 1. The first-order chi connectivity index (χ1) is 14.6. The maximum absolute atomic E-state index is 12.5. The number of anilines is 1. The van der Waals surface area contributed by atoms with Crippen molar-refractivity contribution < 1.29 is 9.21 Å². The third kappa shape index (κ3) is 4.69. The zero-order chi connectivity index (χ0) is 20.9. The van der Waals surface area contributed by atoms with Gasteiger partial charge in [-0.05, 0) is 42.8 Å². The summed E-state index contributed by atoms with van der Waals surface area (Å²) in [5, 5.41) is 12.6. The average molecular weight is 441 g/mol. The van der Waals surface area contributed by atoms with Gasteiger partial charge in [0.15, 0.2) is 11.0 Å². The first-order valence-corrected chi connectivity index (χ1v) is 10.4. The lowest BCUT2D eigenvalue weighted by Crippen LogP contribution is -2.15. The third-order valence-corrected chi connectivity index (χ3v) is 5.40. The molecule has 1 aromatic carbocycles. The number of thioether (sulfide) groups is 1. The Kier molecular flexibility index (Phi) is 6.10. The van der Waals surface area contributed by atoms with E-state index in [-0.39, 0.29) is 11.7 Å². The first-order valence-electron chi connectivity index (χ1n) is 9.01. The number of nitrogens with zero attached hydrogens (tertiary/aromatic N) is 5. The Morgan fingerprint density at radius 2 is 2.17 bits per heavy atom. The lowest BCUT2D eigenvalue weighted by atomic mass is 10.2. The molecule has 4 rings (SSSR count). The van der Waals surface area contributed by atoms with Gasteiger partial charge in [0.2, 0.25) is 5.91 Å². The van der Waals surface area contributed by atoms with Gasteiger partial charge in [-0.15, -0.1) is 10.2 Å².